The van der Waals surface area contributed by atoms with Crippen LogP contribution in [0.5, 0.6) is 0 Å². The Morgan fingerprint density at radius 1 is 1.20 bits per heavy atom. The average molecular weight is 340 g/mol. The van der Waals surface area contributed by atoms with E-state index in [4.69, 9.17) is 0 Å². The van der Waals surface area contributed by atoms with Crippen molar-refractivity contribution < 1.29 is 4.79 Å². The summed E-state index contributed by atoms with van der Waals surface area (Å²) in [6, 6.07) is 2.61. The van der Waals surface area contributed by atoms with Crippen LogP contribution in [0.25, 0.3) is 5.65 Å². The molecule has 1 unspecified atom stereocenters. The smallest absolute Gasteiger partial charge is 0.223 e. The highest BCUT2D eigenvalue weighted by Gasteiger charge is 2.35. The van der Waals surface area contributed by atoms with Crippen LogP contribution in [0.3, 0.4) is 0 Å². The van der Waals surface area contributed by atoms with Crippen LogP contribution in [0.2, 0.25) is 0 Å². The minimum atomic E-state index is 0.333. The number of nitrogens with one attached hydrogen (secondary N) is 1. The van der Waals surface area contributed by atoms with E-state index in [0.29, 0.717) is 30.2 Å². The van der Waals surface area contributed by atoms with Gasteiger partial charge in [-0.3, -0.25) is 4.79 Å². The number of likely N-dealkylation sites (tertiary alicyclic amines) is 1. The molecule has 1 atom stereocenters. The molecule has 7 nitrogen and oxygen atoms in total. The fourth-order valence-electron chi connectivity index (χ4n) is 4.32. The zero-order valence-electron chi connectivity index (χ0n) is 14.4. The Morgan fingerprint density at radius 3 is 2.84 bits per heavy atom. The molecule has 2 aliphatic carbocycles. The molecule has 5 rings (SSSR count). The minimum absolute atomic E-state index is 0.333. The molecule has 3 aliphatic rings. The summed E-state index contributed by atoms with van der Waals surface area (Å²) in [5.41, 5.74) is 2.87. The van der Waals surface area contributed by atoms with E-state index in [2.05, 4.69) is 31.6 Å². The van der Waals surface area contributed by atoms with Crippen LogP contribution in [0.1, 0.15) is 56.6 Å². The third kappa shape index (κ3) is 2.85. The molecule has 25 heavy (non-hydrogen) atoms. The molecule has 0 aromatic carbocycles. The molecule has 2 aromatic heterocycles. The van der Waals surface area contributed by atoms with E-state index >= 15 is 0 Å². The predicted octanol–water partition coefficient (Wildman–Crippen LogP) is 2.20. The number of aromatic nitrogens is 4. The van der Waals surface area contributed by atoms with E-state index < -0.39 is 0 Å². The van der Waals surface area contributed by atoms with Crippen LogP contribution in [-0.2, 0) is 4.79 Å². The van der Waals surface area contributed by atoms with E-state index in [1.165, 1.54) is 38.5 Å². The molecular weight excluding hydrogens is 316 g/mol. The van der Waals surface area contributed by atoms with Gasteiger partial charge in [-0.1, -0.05) is 12.8 Å². The van der Waals surface area contributed by atoms with Gasteiger partial charge in [-0.25, -0.2) is 0 Å². The first-order valence-corrected chi connectivity index (χ1v) is 9.52. The number of hydrogen-bond acceptors (Lipinski definition) is 5. The van der Waals surface area contributed by atoms with Gasteiger partial charge in [0.25, 0.3) is 0 Å². The Kier molecular flexibility index (Phi) is 3.60. The average Bonchev–Trinajstić information content (AvgIpc) is 3.01. The van der Waals surface area contributed by atoms with Gasteiger partial charge >= 0.3 is 0 Å². The largest absolute Gasteiger partial charge is 0.382 e. The fourth-order valence-corrected chi connectivity index (χ4v) is 4.32. The van der Waals surface area contributed by atoms with Crippen LogP contribution in [0.4, 0.5) is 5.69 Å². The molecule has 0 radical (unpaired) electrons. The number of anilines is 1. The minimum Gasteiger partial charge on any atom is -0.382 e. The molecule has 1 aliphatic heterocycles. The number of carbonyl (C=O) groups is 1. The Labute approximate surface area is 146 Å². The number of nitrogens with zero attached hydrogens (tertiary/aromatic N) is 5. The van der Waals surface area contributed by atoms with Gasteiger partial charge in [0.05, 0.1) is 11.4 Å². The van der Waals surface area contributed by atoms with Crippen LogP contribution < -0.4 is 5.32 Å². The predicted molar refractivity (Wildman–Crippen MR) is 93.3 cm³/mol. The molecule has 2 aromatic rings. The van der Waals surface area contributed by atoms with Gasteiger partial charge in [-0.2, -0.15) is 9.61 Å². The van der Waals surface area contributed by atoms with E-state index in [1.807, 2.05) is 0 Å². The summed E-state index contributed by atoms with van der Waals surface area (Å²) in [7, 11) is 0. The first-order chi connectivity index (χ1) is 12.3. The van der Waals surface area contributed by atoms with Crippen molar-refractivity contribution in [3.8, 4) is 0 Å². The van der Waals surface area contributed by atoms with Crippen molar-refractivity contribution in [2.24, 2.45) is 5.92 Å². The van der Waals surface area contributed by atoms with Gasteiger partial charge in [0.15, 0.2) is 0 Å². The number of rotatable bonds is 5. The SMILES string of the molecule is O=C1CC(CNc2cc(C3CC3)nn3cnnc23)CN1C1CCCC1. The number of fused-ring (bicyclic) bond motifs is 1. The summed E-state index contributed by atoms with van der Waals surface area (Å²) in [5, 5.41) is 16.3. The highest BCUT2D eigenvalue weighted by Crippen LogP contribution is 2.40. The summed E-state index contributed by atoms with van der Waals surface area (Å²) in [5.74, 6) is 1.28. The van der Waals surface area contributed by atoms with Crippen LogP contribution in [0, 0.1) is 5.92 Å². The molecule has 1 saturated heterocycles. The van der Waals surface area contributed by atoms with Gasteiger partial charge < -0.3 is 10.2 Å². The van der Waals surface area contributed by atoms with Crippen LogP contribution in [0.15, 0.2) is 12.4 Å². The maximum absolute atomic E-state index is 12.4. The lowest BCUT2D eigenvalue weighted by Crippen LogP contribution is -2.34. The number of carbonyl (C=O) groups excluding carboxylic acids is 1. The summed E-state index contributed by atoms with van der Waals surface area (Å²) in [4.78, 5) is 14.5. The first-order valence-electron chi connectivity index (χ1n) is 9.52. The quantitative estimate of drug-likeness (QED) is 0.903. The zero-order valence-corrected chi connectivity index (χ0v) is 14.4. The van der Waals surface area contributed by atoms with Gasteiger partial charge in [-0.05, 0) is 31.7 Å². The molecule has 3 fully saturated rings. The monoisotopic (exact) mass is 340 g/mol. The lowest BCUT2D eigenvalue weighted by Gasteiger charge is -2.24. The molecule has 0 spiro atoms. The lowest BCUT2D eigenvalue weighted by atomic mass is 10.1. The number of amides is 1. The number of hydrogen-bond donors (Lipinski definition) is 1. The van der Waals surface area contributed by atoms with Crippen LogP contribution in [-0.4, -0.2) is 49.7 Å². The lowest BCUT2D eigenvalue weighted by molar-refractivity contribution is -0.129. The fraction of sp³-hybridized carbons (Fsp3) is 0.667. The third-order valence-corrected chi connectivity index (χ3v) is 5.87. The summed E-state index contributed by atoms with van der Waals surface area (Å²) < 4.78 is 1.76. The van der Waals surface area contributed by atoms with Crippen molar-refractivity contribution in [3.63, 3.8) is 0 Å². The molecule has 2 saturated carbocycles. The molecule has 1 amide bonds. The Morgan fingerprint density at radius 2 is 2.04 bits per heavy atom. The molecule has 132 valence electrons. The van der Waals surface area contributed by atoms with Crippen LogP contribution >= 0.6 is 0 Å². The maximum atomic E-state index is 12.4. The topological polar surface area (TPSA) is 75.4 Å². The van der Waals surface area contributed by atoms with E-state index in [0.717, 1.165) is 30.1 Å². The van der Waals surface area contributed by atoms with Crippen molar-refractivity contribution in [3.05, 3.63) is 18.1 Å². The van der Waals surface area contributed by atoms with Gasteiger partial charge in [0.2, 0.25) is 11.6 Å². The third-order valence-electron chi connectivity index (χ3n) is 5.87. The molecule has 1 N–H and O–H groups in total. The second kappa shape index (κ2) is 5.97. The molecule has 3 heterocycles. The molecule has 7 heteroatoms. The van der Waals surface area contributed by atoms with E-state index in [-0.39, 0.29) is 0 Å². The Hall–Kier alpha value is -2.18. The summed E-state index contributed by atoms with van der Waals surface area (Å²) in [6.45, 7) is 1.69. The van der Waals surface area contributed by atoms with E-state index in [9.17, 15) is 4.79 Å². The summed E-state index contributed by atoms with van der Waals surface area (Å²) in [6.07, 6.45) is 9.65. The van der Waals surface area contributed by atoms with Gasteiger partial charge in [-0.15, -0.1) is 10.2 Å². The van der Waals surface area contributed by atoms with E-state index in [1.54, 1.807) is 10.8 Å². The van der Waals surface area contributed by atoms with Crippen molar-refractivity contribution in [2.45, 2.75) is 56.9 Å². The zero-order chi connectivity index (χ0) is 16.8. The maximum Gasteiger partial charge on any atom is 0.223 e. The van der Waals surface area contributed by atoms with Gasteiger partial charge in [0, 0.05) is 37.4 Å². The highest BCUT2D eigenvalue weighted by atomic mass is 16.2. The second-order valence-electron chi connectivity index (χ2n) is 7.79. The first kappa shape index (κ1) is 15.1. The molecular formula is C18H24N6O. The molecule has 0 bridgehead atoms. The van der Waals surface area contributed by atoms with Crippen molar-refractivity contribution in [1.82, 2.24) is 24.7 Å². The second-order valence-corrected chi connectivity index (χ2v) is 7.79. The van der Waals surface area contributed by atoms with Gasteiger partial charge in [0.1, 0.15) is 6.33 Å². The standard InChI is InChI=1S/C18H24N6O/c25-17-7-12(10-23(17)14-3-1-2-4-14)9-19-16-8-15(13-5-6-13)22-24-11-20-21-18(16)24/h8,11-14,19H,1-7,9-10H2. The normalized spacial score (nSPS) is 24.6. The Balaban J connectivity index is 1.29. The summed E-state index contributed by atoms with van der Waals surface area (Å²) >= 11 is 0. The highest BCUT2D eigenvalue weighted by molar-refractivity contribution is 5.79. The van der Waals surface area contributed by atoms with Crippen molar-refractivity contribution in [1.29, 1.82) is 0 Å². The van der Waals surface area contributed by atoms with Crippen molar-refractivity contribution in [2.75, 3.05) is 18.4 Å². The Bertz CT molecular complexity index is 792. The van der Waals surface area contributed by atoms with Crippen molar-refractivity contribution >= 4 is 17.2 Å².